The van der Waals surface area contributed by atoms with Crippen molar-refractivity contribution >= 4 is 0 Å². The minimum atomic E-state index is 0.957. The van der Waals surface area contributed by atoms with E-state index in [0.717, 1.165) is 11.8 Å². The zero-order valence-electron chi connectivity index (χ0n) is 22.1. The molecule has 0 fully saturated rings. The predicted octanol–water partition coefficient (Wildman–Crippen LogP) is 11.7. The van der Waals surface area contributed by atoms with Gasteiger partial charge in [-0.15, -0.1) is 0 Å². The molecule has 0 bridgehead atoms. The first-order chi connectivity index (χ1) is 14.7. The van der Waals surface area contributed by atoms with Gasteiger partial charge in [-0.05, 0) is 11.8 Å². The highest BCUT2D eigenvalue weighted by molar-refractivity contribution is 4.59. The minimum Gasteiger partial charge on any atom is -0.0654 e. The molecule has 0 aliphatic carbocycles. The molecule has 0 aromatic heterocycles. The van der Waals surface area contributed by atoms with Gasteiger partial charge in [-0.25, -0.2) is 0 Å². The monoisotopic (exact) mass is 422 g/mol. The van der Waals surface area contributed by atoms with Crippen LogP contribution in [0.4, 0.5) is 0 Å². The highest BCUT2D eigenvalue weighted by atomic mass is 14.1. The summed E-state index contributed by atoms with van der Waals surface area (Å²) in [6.07, 6.45) is 35.2. The van der Waals surface area contributed by atoms with Gasteiger partial charge in [-0.1, -0.05) is 182 Å². The third-order valence-corrected chi connectivity index (χ3v) is 7.24. The Morgan fingerprint density at radius 2 is 0.533 bits per heavy atom. The van der Waals surface area contributed by atoms with Crippen LogP contribution in [0.15, 0.2) is 0 Å². The van der Waals surface area contributed by atoms with E-state index in [2.05, 4.69) is 27.7 Å². The molecule has 0 N–H and O–H groups in total. The van der Waals surface area contributed by atoms with E-state index < -0.39 is 0 Å². The second-order valence-electron chi connectivity index (χ2n) is 10.7. The van der Waals surface area contributed by atoms with Crippen LogP contribution in [0, 0.1) is 11.8 Å². The fraction of sp³-hybridized carbons (Fsp3) is 1.00. The fourth-order valence-corrected chi connectivity index (χ4v) is 4.89. The van der Waals surface area contributed by atoms with Gasteiger partial charge in [0.1, 0.15) is 0 Å². The van der Waals surface area contributed by atoms with Crippen LogP contribution in [-0.2, 0) is 0 Å². The molecule has 0 nitrogen and oxygen atoms in total. The van der Waals surface area contributed by atoms with Gasteiger partial charge in [-0.2, -0.15) is 0 Å². The molecule has 182 valence electrons. The Morgan fingerprint density at radius 1 is 0.300 bits per heavy atom. The standard InChI is InChI=1S/C30H62/c1-5-7-9-11-13-14-15-16-17-18-19-21-23-26-30(4)28-24-27-29(3)25-22-20-12-10-8-6-2/h29-30H,5-28H2,1-4H3. The molecule has 2 unspecified atom stereocenters. The van der Waals surface area contributed by atoms with Crippen molar-refractivity contribution in [2.45, 2.75) is 182 Å². The lowest BCUT2D eigenvalue weighted by Crippen LogP contribution is -1.99. The fourth-order valence-electron chi connectivity index (χ4n) is 4.89. The van der Waals surface area contributed by atoms with Gasteiger partial charge >= 0.3 is 0 Å². The van der Waals surface area contributed by atoms with Crippen molar-refractivity contribution in [1.29, 1.82) is 0 Å². The van der Waals surface area contributed by atoms with Crippen molar-refractivity contribution in [2.24, 2.45) is 11.8 Å². The Balaban J connectivity index is 3.25. The first kappa shape index (κ1) is 30.0. The highest BCUT2D eigenvalue weighted by Gasteiger charge is 2.06. The van der Waals surface area contributed by atoms with Crippen LogP contribution in [0.3, 0.4) is 0 Å². The van der Waals surface area contributed by atoms with E-state index in [1.165, 1.54) is 154 Å². The molecule has 0 heterocycles. The lowest BCUT2D eigenvalue weighted by atomic mass is 9.92. The van der Waals surface area contributed by atoms with Crippen molar-refractivity contribution in [2.75, 3.05) is 0 Å². The van der Waals surface area contributed by atoms with Crippen molar-refractivity contribution in [3.63, 3.8) is 0 Å². The summed E-state index contributed by atoms with van der Waals surface area (Å²) in [7, 11) is 0. The number of hydrogen-bond donors (Lipinski definition) is 0. The Bertz CT molecular complexity index is 294. The molecule has 0 aromatic rings. The maximum Gasteiger partial charge on any atom is -0.0443 e. The molecule has 0 aliphatic heterocycles. The van der Waals surface area contributed by atoms with Gasteiger partial charge < -0.3 is 0 Å². The largest absolute Gasteiger partial charge is 0.0654 e. The van der Waals surface area contributed by atoms with Crippen LogP contribution in [0.2, 0.25) is 0 Å². The molecular weight excluding hydrogens is 360 g/mol. The lowest BCUT2D eigenvalue weighted by Gasteiger charge is -2.14. The van der Waals surface area contributed by atoms with Crippen LogP contribution >= 0.6 is 0 Å². The molecule has 30 heavy (non-hydrogen) atoms. The summed E-state index contributed by atoms with van der Waals surface area (Å²) in [4.78, 5) is 0. The third kappa shape index (κ3) is 24.3. The average Bonchev–Trinajstić information content (AvgIpc) is 2.74. The summed E-state index contributed by atoms with van der Waals surface area (Å²) >= 11 is 0. The number of rotatable bonds is 25. The quantitative estimate of drug-likeness (QED) is 0.128. The molecule has 2 atom stereocenters. The van der Waals surface area contributed by atoms with E-state index in [1.807, 2.05) is 0 Å². The minimum absolute atomic E-state index is 0.957. The van der Waals surface area contributed by atoms with E-state index in [1.54, 1.807) is 0 Å². The summed E-state index contributed by atoms with van der Waals surface area (Å²) in [6, 6.07) is 0. The molecule has 0 spiro atoms. The van der Waals surface area contributed by atoms with Crippen LogP contribution in [0.25, 0.3) is 0 Å². The van der Waals surface area contributed by atoms with Crippen LogP contribution in [-0.4, -0.2) is 0 Å². The van der Waals surface area contributed by atoms with Crippen molar-refractivity contribution in [1.82, 2.24) is 0 Å². The third-order valence-electron chi connectivity index (χ3n) is 7.24. The normalized spacial score (nSPS) is 13.6. The van der Waals surface area contributed by atoms with E-state index in [0.29, 0.717) is 0 Å². The van der Waals surface area contributed by atoms with Crippen molar-refractivity contribution in [3.8, 4) is 0 Å². The average molecular weight is 423 g/mol. The summed E-state index contributed by atoms with van der Waals surface area (Å²) < 4.78 is 0. The first-order valence-corrected chi connectivity index (χ1v) is 14.7. The van der Waals surface area contributed by atoms with Gasteiger partial charge in [0.2, 0.25) is 0 Å². The number of hydrogen-bond acceptors (Lipinski definition) is 0. The zero-order chi connectivity index (χ0) is 22.1. The van der Waals surface area contributed by atoms with Gasteiger partial charge in [0.15, 0.2) is 0 Å². The molecule has 0 aliphatic rings. The Labute approximate surface area is 193 Å². The van der Waals surface area contributed by atoms with Crippen molar-refractivity contribution < 1.29 is 0 Å². The zero-order valence-corrected chi connectivity index (χ0v) is 22.1. The van der Waals surface area contributed by atoms with Crippen LogP contribution < -0.4 is 0 Å². The van der Waals surface area contributed by atoms with Gasteiger partial charge in [0, 0.05) is 0 Å². The maximum absolute atomic E-state index is 2.50. The lowest BCUT2D eigenvalue weighted by molar-refractivity contribution is 0.390. The maximum atomic E-state index is 2.50. The second-order valence-corrected chi connectivity index (χ2v) is 10.7. The van der Waals surface area contributed by atoms with E-state index in [9.17, 15) is 0 Å². The summed E-state index contributed by atoms with van der Waals surface area (Å²) in [5, 5.41) is 0. The summed E-state index contributed by atoms with van der Waals surface area (Å²) in [5.74, 6) is 1.92. The predicted molar refractivity (Wildman–Crippen MR) is 140 cm³/mol. The Kier molecular flexibility index (Phi) is 25.3. The smallest absolute Gasteiger partial charge is 0.0443 e. The van der Waals surface area contributed by atoms with Gasteiger partial charge in [0.05, 0.1) is 0 Å². The molecular formula is C30H62. The van der Waals surface area contributed by atoms with Gasteiger partial charge in [0.25, 0.3) is 0 Å². The molecule has 0 aromatic carbocycles. The summed E-state index contributed by atoms with van der Waals surface area (Å²) in [6.45, 7) is 9.60. The molecule has 0 radical (unpaired) electrons. The highest BCUT2D eigenvalue weighted by Crippen LogP contribution is 2.22. The Morgan fingerprint density at radius 3 is 0.833 bits per heavy atom. The van der Waals surface area contributed by atoms with E-state index in [4.69, 9.17) is 0 Å². The SMILES string of the molecule is CCCCCCCCCCCCCCCC(C)CCCC(C)CCCCCCCC. The molecule has 0 saturated carbocycles. The van der Waals surface area contributed by atoms with Crippen molar-refractivity contribution in [3.05, 3.63) is 0 Å². The first-order valence-electron chi connectivity index (χ1n) is 14.7. The van der Waals surface area contributed by atoms with E-state index in [-0.39, 0.29) is 0 Å². The van der Waals surface area contributed by atoms with E-state index >= 15 is 0 Å². The van der Waals surface area contributed by atoms with Gasteiger partial charge in [-0.3, -0.25) is 0 Å². The summed E-state index contributed by atoms with van der Waals surface area (Å²) in [5.41, 5.74) is 0. The molecule has 0 heteroatoms. The number of unbranched alkanes of at least 4 members (excludes halogenated alkanes) is 17. The molecule has 0 amide bonds. The van der Waals surface area contributed by atoms with Crippen LogP contribution in [0.1, 0.15) is 182 Å². The van der Waals surface area contributed by atoms with Crippen LogP contribution in [0.5, 0.6) is 0 Å². The topological polar surface area (TPSA) is 0 Å². The molecule has 0 saturated heterocycles. The Hall–Kier alpha value is 0. The molecule has 0 rings (SSSR count). The second kappa shape index (κ2) is 25.3.